The molecule has 0 fully saturated rings. The molecule has 2 heterocycles. The van der Waals surface area contributed by atoms with Crippen LogP contribution in [0.15, 0.2) is 28.6 Å². The number of nitrogens with zero attached hydrogens (tertiary/aromatic N) is 2. The summed E-state index contributed by atoms with van der Waals surface area (Å²) in [5.41, 5.74) is 2.23. The Morgan fingerprint density at radius 2 is 2.08 bits per heavy atom. The van der Waals surface area contributed by atoms with Crippen molar-refractivity contribution >= 4 is 41.3 Å². The second-order valence-corrected chi connectivity index (χ2v) is 6.59. The third-order valence-electron chi connectivity index (χ3n) is 3.78. The van der Waals surface area contributed by atoms with Crippen LogP contribution in [0, 0.1) is 0 Å². The Kier molecular flexibility index (Phi) is 8.43. The molecule has 0 amide bonds. The van der Waals surface area contributed by atoms with Crippen LogP contribution in [0.25, 0.3) is 0 Å². The molecule has 6 nitrogen and oxygen atoms in total. The standard InChI is InChI=1S/C18H24N4O2S.HI/c1-3-17-22-14(11-25-17)7-8-20-18(19-4-2)21-10-13-5-6-15-16(9-13)24-12-23-15;/h5-6,9,11H,3-4,7-8,10,12H2,1-2H3,(H2,19,20,21);1H. The minimum atomic E-state index is 0. The number of hydrogen-bond donors (Lipinski definition) is 2. The van der Waals surface area contributed by atoms with Gasteiger partial charge in [0.25, 0.3) is 0 Å². The van der Waals surface area contributed by atoms with Gasteiger partial charge in [0, 0.05) is 24.9 Å². The fraction of sp³-hybridized carbons (Fsp3) is 0.444. The lowest BCUT2D eigenvalue weighted by molar-refractivity contribution is 0.174. The highest BCUT2D eigenvalue weighted by atomic mass is 127. The van der Waals surface area contributed by atoms with Crippen LogP contribution in [0.1, 0.15) is 30.1 Å². The van der Waals surface area contributed by atoms with Gasteiger partial charge in [0.2, 0.25) is 6.79 Å². The molecular formula is C18H25IN4O2S. The first-order valence-electron chi connectivity index (χ1n) is 8.62. The van der Waals surface area contributed by atoms with E-state index in [1.807, 2.05) is 18.2 Å². The Labute approximate surface area is 175 Å². The van der Waals surface area contributed by atoms with Crippen LogP contribution in [0.3, 0.4) is 0 Å². The Morgan fingerprint density at radius 1 is 1.23 bits per heavy atom. The van der Waals surface area contributed by atoms with E-state index < -0.39 is 0 Å². The second kappa shape index (κ2) is 10.6. The summed E-state index contributed by atoms with van der Waals surface area (Å²) < 4.78 is 10.7. The maximum absolute atomic E-state index is 5.41. The number of ether oxygens (including phenoxy) is 2. The number of aromatic nitrogens is 1. The van der Waals surface area contributed by atoms with Crippen LogP contribution >= 0.6 is 35.3 Å². The molecule has 1 aromatic heterocycles. The number of hydrogen-bond acceptors (Lipinski definition) is 5. The maximum Gasteiger partial charge on any atom is 0.231 e. The summed E-state index contributed by atoms with van der Waals surface area (Å²) in [6, 6.07) is 5.93. The minimum Gasteiger partial charge on any atom is -0.454 e. The third-order valence-corrected chi connectivity index (χ3v) is 4.82. The van der Waals surface area contributed by atoms with Crippen LogP contribution in [-0.4, -0.2) is 30.8 Å². The van der Waals surface area contributed by atoms with Gasteiger partial charge in [0.15, 0.2) is 17.5 Å². The highest BCUT2D eigenvalue weighted by Crippen LogP contribution is 2.32. The number of nitrogens with one attached hydrogen (secondary N) is 2. The molecule has 0 radical (unpaired) electrons. The zero-order valence-electron chi connectivity index (χ0n) is 15.1. The number of rotatable bonds is 7. The monoisotopic (exact) mass is 488 g/mol. The lowest BCUT2D eigenvalue weighted by Gasteiger charge is -2.10. The fourth-order valence-corrected chi connectivity index (χ4v) is 3.27. The molecular weight excluding hydrogens is 463 g/mol. The smallest absolute Gasteiger partial charge is 0.231 e. The SMILES string of the molecule is CCNC(=NCc1ccc2c(c1)OCO2)NCCc1csc(CC)n1.I. The van der Waals surface area contributed by atoms with Crippen LogP contribution in [0.4, 0.5) is 0 Å². The van der Waals surface area contributed by atoms with Gasteiger partial charge in [-0.1, -0.05) is 13.0 Å². The zero-order valence-corrected chi connectivity index (χ0v) is 18.2. The normalized spacial score (nSPS) is 12.6. The number of halogens is 1. The summed E-state index contributed by atoms with van der Waals surface area (Å²) in [6.07, 6.45) is 1.89. The Hall–Kier alpha value is -1.55. The molecule has 1 aromatic carbocycles. The van der Waals surface area contributed by atoms with Crippen molar-refractivity contribution in [1.82, 2.24) is 15.6 Å². The number of fused-ring (bicyclic) bond motifs is 1. The van der Waals surface area contributed by atoms with Gasteiger partial charge in [-0.2, -0.15) is 0 Å². The molecule has 0 aliphatic carbocycles. The van der Waals surface area contributed by atoms with E-state index in [0.29, 0.717) is 13.3 Å². The lowest BCUT2D eigenvalue weighted by Crippen LogP contribution is -2.38. The average molecular weight is 488 g/mol. The number of guanidine groups is 1. The van der Waals surface area contributed by atoms with Crippen LogP contribution in [-0.2, 0) is 19.4 Å². The first-order chi connectivity index (χ1) is 12.3. The quantitative estimate of drug-likeness (QED) is 0.356. The molecule has 0 bridgehead atoms. The third kappa shape index (κ3) is 5.73. The molecule has 2 aromatic rings. The fourth-order valence-electron chi connectivity index (χ4n) is 2.49. The van der Waals surface area contributed by atoms with E-state index in [1.165, 1.54) is 5.01 Å². The van der Waals surface area contributed by atoms with E-state index in [4.69, 9.17) is 9.47 Å². The van der Waals surface area contributed by atoms with Gasteiger partial charge < -0.3 is 20.1 Å². The van der Waals surface area contributed by atoms with Gasteiger partial charge in [0.1, 0.15) is 0 Å². The molecule has 0 atom stereocenters. The van der Waals surface area contributed by atoms with Crippen molar-refractivity contribution in [3.05, 3.63) is 39.8 Å². The van der Waals surface area contributed by atoms with E-state index >= 15 is 0 Å². The van der Waals surface area contributed by atoms with Crippen LogP contribution < -0.4 is 20.1 Å². The zero-order chi connectivity index (χ0) is 17.5. The molecule has 142 valence electrons. The molecule has 2 N–H and O–H groups in total. The van der Waals surface area contributed by atoms with Crippen molar-refractivity contribution in [3.8, 4) is 11.5 Å². The van der Waals surface area contributed by atoms with Gasteiger partial charge in [-0.3, -0.25) is 0 Å². The summed E-state index contributed by atoms with van der Waals surface area (Å²) in [7, 11) is 0. The Balaban J connectivity index is 0.00000243. The molecule has 0 saturated carbocycles. The van der Waals surface area contributed by atoms with E-state index in [9.17, 15) is 0 Å². The second-order valence-electron chi connectivity index (χ2n) is 5.65. The lowest BCUT2D eigenvalue weighted by atomic mass is 10.2. The maximum atomic E-state index is 5.41. The average Bonchev–Trinajstić information content (AvgIpc) is 3.28. The number of benzene rings is 1. The summed E-state index contributed by atoms with van der Waals surface area (Å²) in [6.45, 7) is 6.70. The van der Waals surface area contributed by atoms with Crippen molar-refractivity contribution in [3.63, 3.8) is 0 Å². The molecule has 0 spiro atoms. The van der Waals surface area contributed by atoms with E-state index in [2.05, 4.69) is 39.8 Å². The van der Waals surface area contributed by atoms with Gasteiger partial charge in [0.05, 0.1) is 17.2 Å². The number of aryl methyl sites for hydroxylation is 1. The van der Waals surface area contributed by atoms with Crippen LogP contribution in [0.5, 0.6) is 11.5 Å². The van der Waals surface area contributed by atoms with Gasteiger partial charge in [-0.05, 0) is 31.0 Å². The highest BCUT2D eigenvalue weighted by molar-refractivity contribution is 14.0. The van der Waals surface area contributed by atoms with Crippen molar-refractivity contribution < 1.29 is 9.47 Å². The van der Waals surface area contributed by atoms with Crippen molar-refractivity contribution in [2.45, 2.75) is 33.2 Å². The largest absolute Gasteiger partial charge is 0.454 e. The van der Waals surface area contributed by atoms with E-state index in [0.717, 1.165) is 54.6 Å². The van der Waals surface area contributed by atoms with E-state index in [1.54, 1.807) is 11.3 Å². The minimum absolute atomic E-state index is 0. The van der Waals surface area contributed by atoms with Gasteiger partial charge in [-0.15, -0.1) is 35.3 Å². The van der Waals surface area contributed by atoms with E-state index in [-0.39, 0.29) is 24.0 Å². The molecule has 0 saturated heterocycles. The predicted molar refractivity (Wildman–Crippen MR) is 116 cm³/mol. The summed E-state index contributed by atoms with van der Waals surface area (Å²) in [5, 5.41) is 9.97. The van der Waals surface area contributed by atoms with Crippen molar-refractivity contribution in [2.75, 3.05) is 19.9 Å². The molecule has 1 aliphatic heterocycles. The summed E-state index contributed by atoms with van der Waals surface area (Å²) >= 11 is 1.73. The first kappa shape index (κ1) is 20.8. The highest BCUT2D eigenvalue weighted by Gasteiger charge is 2.12. The molecule has 0 unspecified atom stereocenters. The summed E-state index contributed by atoms with van der Waals surface area (Å²) in [5.74, 6) is 2.40. The summed E-state index contributed by atoms with van der Waals surface area (Å²) in [4.78, 5) is 9.23. The first-order valence-corrected chi connectivity index (χ1v) is 9.50. The number of thiazole rings is 1. The predicted octanol–water partition coefficient (Wildman–Crippen LogP) is 3.35. The molecule has 26 heavy (non-hydrogen) atoms. The van der Waals surface area contributed by atoms with Crippen molar-refractivity contribution in [2.24, 2.45) is 4.99 Å². The Bertz CT molecular complexity index is 736. The van der Waals surface area contributed by atoms with Gasteiger partial charge >= 0.3 is 0 Å². The number of aliphatic imine (C=N–C) groups is 1. The van der Waals surface area contributed by atoms with Crippen molar-refractivity contribution in [1.29, 1.82) is 0 Å². The molecule has 1 aliphatic rings. The Morgan fingerprint density at radius 3 is 2.85 bits per heavy atom. The van der Waals surface area contributed by atoms with Gasteiger partial charge in [-0.25, -0.2) is 9.98 Å². The molecule has 8 heteroatoms. The topological polar surface area (TPSA) is 67.8 Å². The van der Waals surface area contributed by atoms with Crippen LogP contribution in [0.2, 0.25) is 0 Å². The molecule has 3 rings (SSSR count).